The number of anilines is 2. The topological polar surface area (TPSA) is 67.4 Å². The van der Waals surface area contributed by atoms with E-state index in [1.54, 1.807) is 60.7 Å². The molecule has 2 N–H and O–H groups in total. The lowest BCUT2D eigenvalue weighted by Gasteiger charge is -2.11. The number of hydrogen-bond donors (Lipinski definition) is 2. The first-order valence-corrected chi connectivity index (χ1v) is 9.59. The summed E-state index contributed by atoms with van der Waals surface area (Å²) in [5.41, 5.74) is 1.46. The van der Waals surface area contributed by atoms with E-state index in [0.29, 0.717) is 37.8 Å². The summed E-state index contributed by atoms with van der Waals surface area (Å²) in [5, 5.41) is 6.72. The van der Waals surface area contributed by atoms with Crippen LogP contribution < -0.4 is 15.4 Å². The molecule has 0 radical (unpaired) electrons. The van der Waals surface area contributed by atoms with Gasteiger partial charge in [-0.1, -0.05) is 46.9 Å². The molecule has 148 valence electrons. The third-order valence-corrected chi connectivity index (χ3v) is 4.51. The van der Waals surface area contributed by atoms with Crippen LogP contribution in [0.1, 0.15) is 10.4 Å². The number of carbonyl (C=O) groups excluding carboxylic acids is 2. The third kappa shape index (κ3) is 6.12. The van der Waals surface area contributed by atoms with E-state index in [4.69, 9.17) is 39.5 Å². The van der Waals surface area contributed by atoms with Gasteiger partial charge in [-0.25, -0.2) is 0 Å². The van der Waals surface area contributed by atoms with Crippen molar-refractivity contribution in [2.24, 2.45) is 0 Å². The van der Waals surface area contributed by atoms with Crippen molar-refractivity contribution in [2.75, 3.05) is 17.2 Å². The second-order valence-electron chi connectivity index (χ2n) is 5.96. The number of benzene rings is 3. The van der Waals surface area contributed by atoms with Gasteiger partial charge in [0.2, 0.25) is 0 Å². The highest BCUT2D eigenvalue weighted by Crippen LogP contribution is 2.27. The molecule has 0 unspecified atom stereocenters. The molecule has 0 bridgehead atoms. The van der Waals surface area contributed by atoms with Crippen LogP contribution in [0.25, 0.3) is 0 Å². The van der Waals surface area contributed by atoms with E-state index in [9.17, 15) is 9.59 Å². The van der Waals surface area contributed by atoms with Crippen LogP contribution in [-0.2, 0) is 4.79 Å². The number of rotatable bonds is 6. The molecule has 0 saturated heterocycles. The standard InChI is InChI=1S/C21H15Cl3N2O3/c22-14-4-1-3-13(9-14)21(28)26-17-6-2-5-16(11-17)25-20(27)12-29-19-8-7-15(23)10-18(19)24/h1-11H,12H2,(H,25,27)(H,26,28). The normalized spacial score (nSPS) is 10.3. The highest BCUT2D eigenvalue weighted by molar-refractivity contribution is 6.35. The van der Waals surface area contributed by atoms with Gasteiger partial charge in [0.25, 0.3) is 11.8 Å². The van der Waals surface area contributed by atoms with E-state index < -0.39 is 0 Å². The summed E-state index contributed by atoms with van der Waals surface area (Å²) in [5.74, 6) is -0.334. The Hall–Kier alpha value is -2.73. The van der Waals surface area contributed by atoms with Crippen LogP contribution >= 0.6 is 34.8 Å². The molecule has 0 aromatic heterocycles. The molecular weight excluding hydrogens is 435 g/mol. The predicted octanol–water partition coefficient (Wildman–Crippen LogP) is 5.92. The molecule has 3 rings (SSSR count). The number of ether oxygens (including phenoxy) is 1. The number of hydrogen-bond acceptors (Lipinski definition) is 3. The van der Waals surface area contributed by atoms with Crippen molar-refractivity contribution in [3.05, 3.63) is 87.4 Å². The van der Waals surface area contributed by atoms with Gasteiger partial charge in [0.05, 0.1) is 5.02 Å². The number of amides is 2. The zero-order chi connectivity index (χ0) is 20.8. The van der Waals surface area contributed by atoms with Gasteiger partial charge in [0.15, 0.2) is 6.61 Å². The Morgan fingerprint density at radius 1 is 0.793 bits per heavy atom. The summed E-state index contributed by atoms with van der Waals surface area (Å²) in [4.78, 5) is 24.5. The molecule has 2 amide bonds. The van der Waals surface area contributed by atoms with E-state index >= 15 is 0 Å². The van der Waals surface area contributed by atoms with Crippen molar-refractivity contribution in [1.82, 2.24) is 0 Å². The van der Waals surface area contributed by atoms with Crippen molar-refractivity contribution in [1.29, 1.82) is 0 Å². The Balaban J connectivity index is 1.59. The first-order valence-electron chi connectivity index (χ1n) is 8.45. The zero-order valence-electron chi connectivity index (χ0n) is 14.9. The monoisotopic (exact) mass is 448 g/mol. The summed E-state index contributed by atoms with van der Waals surface area (Å²) in [6.45, 7) is -0.236. The Bertz CT molecular complexity index is 1060. The van der Waals surface area contributed by atoms with E-state index in [1.807, 2.05) is 0 Å². The first kappa shape index (κ1) is 21.0. The van der Waals surface area contributed by atoms with Crippen LogP contribution in [0.3, 0.4) is 0 Å². The van der Waals surface area contributed by atoms with E-state index in [1.165, 1.54) is 6.07 Å². The number of nitrogens with one attached hydrogen (secondary N) is 2. The summed E-state index contributed by atoms with van der Waals surface area (Å²) < 4.78 is 5.40. The minimum Gasteiger partial charge on any atom is -0.482 e. The largest absolute Gasteiger partial charge is 0.482 e. The number of carbonyl (C=O) groups is 2. The molecule has 0 spiro atoms. The zero-order valence-corrected chi connectivity index (χ0v) is 17.2. The van der Waals surface area contributed by atoms with E-state index in [0.717, 1.165) is 0 Å². The summed E-state index contributed by atoms with van der Waals surface area (Å²) in [7, 11) is 0. The summed E-state index contributed by atoms with van der Waals surface area (Å²) in [6, 6.07) is 18.1. The van der Waals surface area contributed by atoms with Crippen LogP contribution in [0, 0.1) is 0 Å². The molecular formula is C21H15Cl3N2O3. The highest BCUT2D eigenvalue weighted by atomic mass is 35.5. The molecule has 0 fully saturated rings. The van der Waals surface area contributed by atoms with Gasteiger partial charge in [-0.2, -0.15) is 0 Å². The van der Waals surface area contributed by atoms with Crippen molar-refractivity contribution < 1.29 is 14.3 Å². The fourth-order valence-corrected chi connectivity index (χ4v) is 3.09. The van der Waals surface area contributed by atoms with Gasteiger partial charge in [-0.3, -0.25) is 9.59 Å². The summed E-state index contributed by atoms with van der Waals surface area (Å²) >= 11 is 17.8. The molecule has 0 heterocycles. The van der Waals surface area contributed by atoms with Gasteiger partial charge in [0, 0.05) is 27.0 Å². The maximum Gasteiger partial charge on any atom is 0.262 e. The lowest BCUT2D eigenvalue weighted by Crippen LogP contribution is -2.20. The first-order chi connectivity index (χ1) is 13.9. The fourth-order valence-electron chi connectivity index (χ4n) is 2.44. The molecule has 3 aromatic carbocycles. The van der Waals surface area contributed by atoms with Crippen molar-refractivity contribution in [3.63, 3.8) is 0 Å². The highest BCUT2D eigenvalue weighted by Gasteiger charge is 2.09. The molecule has 0 aliphatic heterocycles. The van der Waals surface area contributed by atoms with Crippen molar-refractivity contribution in [3.8, 4) is 5.75 Å². The van der Waals surface area contributed by atoms with Crippen LogP contribution in [-0.4, -0.2) is 18.4 Å². The van der Waals surface area contributed by atoms with Crippen molar-refractivity contribution in [2.45, 2.75) is 0 Å². The molecule has 3 aromatic rings. The predicted molar refractivity (Wildman–Crippen MR) is 116 cm³/mol. The van der Waals surface area contributed by atoms with Gasteiger partial charge < -0.3 is 15.4 Å². The minimum atomic E-state index is -0.380. The Labute approximate surface area is 182 Å². The molecule has 0 aliphatic rings. The minimum absolute atomic E-state index is 0.236. The summed E-state index contributed by atoms with van der Waals surface area (Å²) in [6.07, 6.45) is 0. The van der Waals surface area contributed by atoms with Crippen LogP contribution in [0.4, 0.5) is 11.4 Å². The quantitative estimate of drug-likeness (QED) is 0.491. The Morgan fingerprint density at radius 2 is 1.48 bits per heavy atom. The smallest absolute Gasteiger partial charge is 0.262 e. The molecule has 5 nitrogen and oxygen atoms in total. The van der Waals surface area contributed by atoms with Gasteiger partial charge in [0.1, 0.15) is 5.75 Å². The maximum atomic E-state index is 12.3. The average Bonchev–Trinajstić information content (AvgIpc) is 2.67. The lowest BCUT2D eigenvalue weighted by atomic mass is 10.2. The molecule has 0 atom stereocenters. The Kier molecular flexibility index (Phi) is 6.99. The maximum absolute atomic E-state index is 12.3. The third-order valence-electron chi connectivity index (χ3n) is 3.74. The van der Waals surface area contributed by atoms with Crippen LogP contribution in [0.15, 0.2) is 66.7 Å². The molecule has 0 aliphatic carbocycles. The van der Waals surface area contributed by atoms with Gasteiger partial charge in [-0.15, -0.1) is 0 Å². The van der Waals surface area contributed by atoms with Gasteiger partial charge in [-0.05, 0) is 54.6 Å². The van der Waals surface area contributed by atoms with Crippen molar-refractivity contribution >= 4 is 58.0 Å². The second kappa shape index (κ2) is 9.65. The SMILES string of the molecule is O=C(COc1ccc(Cl)cc1Cl)Nc1cccc(NC(=O)c2cccc(Cl)c2)c1. The molecule has 8 heteroatoms. The number of halogens is 3. The van der Waals surface area contributed by atoms with Crippen LogP contribution in [0.5, 0.6) is 5.75 Å². The molecule has 0 saturated carbocycles. The van der Waals surface area contributed by atoms with E-state index in [2.05, 4.69) is 10.6 Å². The van der Waals surface area contributed by atoms with Crippen LogP contribution in [0.2, 0.25) is 15.1 Å². The lowest BCUT2D eigenvalue weighted by molar-refractivity contribution is -0.118. The van der Waals surface area contributed by atoms with Gasteiger partial charge >= 0.3 is 0 Å². The average molecular weight is 450 g/mol. The Morgan fingerprint density at radius 3 is 2.21 bits per heavy atom. The second-order valence-corrected chi connectivity index (χ2v) is 7.24. The molecule has 29 heavy (non-hydrogen) atoms. The van der Waals surface area contributed by atoms with E-state index in [-0.39, 0.29) is 18.4 Å². The fraction of sp³-hybridized carbons (Fsp3) is 0.0476.